The maximum atomic E-state index is 6.43. The first-order valence-electron chi connectivity index (χ1n) is 8.51. The highest BCUT2D eigenvalue weighted by Crippen LogP contribution is 2.30. The van der Waals surface area contributed by atoms with Crippen molar-refractivity contribution >= 4 is 46.4 Å². The molecule has 1 unspecified atom stereocenters. The van der Waals surface area contributed by atoms with Crippen LogP contribution >= 0.6 is 46.4 Å². The number of benzene rings is 2. The maximum Gasteiger partial charge on any atom is 0.243 e. The van der Waals surface area contributed by atoms with Gasteiger partial charge in [0, 0.05) is 25.7 Å². The molecule has 0 spiro atoms. The smallest absolute Gasteiger partial charge is 0.243 e. The van der Waals surface area contributed by atoms with Gasteiger partial charge in [0.2, 0.25) is 6.33 Å². The van der Waals surface area contributed by atoms with Crippen LogP contribution < -0.4 is 4.57 Å². The van der Waals surface area contributed by atoms with Gasteiger partial charge in [-0.25, -0.2) is 9.13 Å². The third-order valence-corrected chi connectivity index (χ3v) is 5.40. The van der Waals surface area contributed by atoms with Crippen LogP contribution in [-0.4, -0.2) is 4.57 Å². The summed E-state index contributed by atoms with van der Waals surface area (Å²) in [5.41, 5.74) is 1.75. The zero-order valence-electron chi connectivity index (χ0n) is 14.7. The van der Waals surface area contributed by atoms with E-state index in [9.17, 15) is 0 Å². The molecular weight excluding hydrogens is 426 g/mol. The van der Waals surface area contributed by atoms with Gasteiger partial charge in [0.25, 0.3) is 0 Å². The highest BCUT2D eigenvalue weighted by atomic mass is 35.5. The third-order valence-electron chi connectivity index (χ3n) is 4.25. The van der Waals surface area contributed by atoms with Crippen LogP contribution in [0.25, 0.3) is 0 Å². The summed E-state index contributed by atoms with van der Waals surface area (Å²) >= 11 is 24.7. The molecular formula is C20H19Cl4N2O+. The summed E-state index contributed by atoms with van der Waals surface area (Å²) in [5, 5.41) is 2.34. The van der Waals surface area contributed by atoms with E-state index in [0.29, 0.717) is 33.2 Å². The molecule has 0 bridgehead atoms. The fraction of sp³-hybridized carbons (Fsp3) is 0.250. The molecule has 142 valence electrons. The second-order valence-electron chi connectivity index (χ2n) is 6.14. The maximum absolute atomic E-state index is 6.43. The normalized spacial score (nSPS) is 12.3. The van der Waals surface area contributed by atoms with E-state index in [1.54, 1.807) is 18.2 Å². The summed E-state index contributed by atoms with van der Waals surface area (Å²) in [5.74, 6) is 0. The first-order chi connectivity index (χ1) is 13.0. The number of imidazole rings is 1. The standard InChI is InChI=1S/C20H19Cl4N2O/c1-2-25-7-8-26(13-25)11-20(17-6-5-16(22)10-19(17)24)27-12-14-3-4-15(21)9-18(14)23/h3-10,13,20H,2,11-12H2,1H3/q+1. The average molecular weight is 445 g/mol. The molecule has 0 fully saturated rings. The van der Waals surface area contributed by atoms with Crippen LogP contribution in [0.5, 0.6) is 0 Å². The molecule has 27 heavy (non-hydrogen) atoms. The molecule has 2 aromatic carbocycles. The number of rotatable bonds is 7. The minimum atomic E-state index is -0.265. The van der Waals surface area contributed by atoms with Crippen molar-refractivity contribution in [2.45, 2.75) is 32.7 Å². The van der Waals surface area contributed by atoms with Crippen molar-refractivity contribution in [1.82, 2.24) is 4.57 Å². The summed E-state index contributed by atoms with van der Waals surface area (Å²) in [4.78, 5) is 0. The predicted octanol–water partition coefficient (Wildman–Crippen LogP) is 6.37. The van der Waals surface area contributed by atoms with E-state index >= 15 is 0 Å². The number of halogens is 4. The monoisotopic (exact) mass is 443 g/mol. The van der Waals surface area contributed by atoms with Crippen molar-refractivity contribution in [3.05, 3.63) is 86.3 Å². The minimum Gasteiger partial charge on any atom is -0.365 e. The van der Waals surface area contributed by atoms with E-state index in [4.69, 9.17) is 51.1 Å². The lowest BCUT2D eigenvalue weighted by molar-refractivity contribution is -0.704. The Hall–Kier alpha value is -1.23. The van der Waals surface area contributed by atoms with Crippen molar-refractivity contribution < 1.29 is 9.30 Å². The van der Waals surface area contributed by atoms with Gasteiger partial charge in [0.1, 0.15) is 25.0 Å². The molecule has 0 saturated heterocycles. The number of ether oxygens (including phenoxy) is 1. The molecule has 1 heterocycles. The number of nitrogens with zero attached hydrogens (tertiary/aromatic N) is 2. The van der Waals surface area contributed by atoms with Crippen LogP contribution in [0.15, 0.2) is 55.1 Å². The van der Waals surface area contributed by atoms with Crippen LogP contribution in [0.3, 0.4) is 0 Å². The average Bonchev–Trinajstić information content (AvgIpc) is 3.08. The zero-order valence-corrected chi connectivity index (χ0v) is 17.7. The van der Waals surface area contributed by atoms with Gasteiger partial charge in [-0.3, -0.25) is 0 Å². The van der Waals surface area contributed by atoms with Gasteiger partial charge in [0.05, 0.1) is 13.2 Å². The Morgan fingerprint density at radius 3 is 2.33 bits per heavy atom. The molecule has 0 N–H and O–H groups in total. The topological polar surface area (TPSA) is 18.0 Å². The summed E-state index contributed by atoms with van der Waals surface area (Å²) in [6, 6.07) is 10.8. The van der Waals surface area contributed by atoms with Crippen LogP contribution in [0.2, 0.25) is 20.1 Å². The van der Waals surface area contributed by atoms with Gasteiger partial charge in [0.15, 0.2) is 0 Å². The number of aryl methyl sites for hydroxylation is 1. The molecule has 1 atom stereocenters. The molecule has 0 aliphatic heterocycles. The van der Waals surface area contributed by atoms with Crippen molar-refractivity contribution in [2.24, 2.45) is 0 Å². The summed E-state index contributed by atoms with van der Waals surface area (Å²) in [7, 11) is 0. The molecule has 3 nitrogen and oxygen atoms in total. The Morgan fingerprint density at radius 1 is 1.00 bits per heavy atom. The molecule has 0 aliphatic carbocycles. The first kappa shape index (κ1) is 20.5. The Labute approximate surface area is 179 Å². The highest BCUT2D eigenvalue weighted by molar-refractivity contribution is 6.35. The highest BCUT2D eigenvalue weighted by Gasteiger charge is 2.20. The Kier molecular flexibility index (Phi) is 7.07. The minimum absolute atomic E-state index is 0.265. The fourth-order valence-electron chi connectivity index (χ4n) is 2.76. The Morgan fingerprint density at radius 2 is 1.70 bits per heavy atom. The van der Waals surface area contributed by atoms with Gasteiger partial charge < -0.3 is 4.74 Å². The van der Waals surface area contributed by atoms with Gasteiger partial charge in [-0.15, -0.1) is 0 Å². The molecule has 0 radical (unpaired) electrons. The number of hydrogen-bond acceptors (Lipinski definition) is 1. The van der Waals surface area contributed by atoms with Gasteiger partial charge in [-0.1, -0.05) is 58.5 Å². The van der Waals surface area contributed by atoms with Gasteiger partial charge >= 0.3 is 0 Å². The Bertz CT molecular complexity index is 926. The third kappa shape index (κ3) is 5.40. The lowest BCUT2D eigenvalue weighted by Crippen LogP contribution is -2.35. The largest absolute Gasteiger partial charge is 0.365 e. The van der Waals surface area contributed by atoms with Crippen molar-refractivity contribution in [2.75, 3.05) is 0 Å². The van der Waals surface area contributed by atoms with Crippen LogP contribution in [-0.2, 0) is 24.4 Å². The lowest BCUT2D eigenvalue weighted by atomic mass is 10.1. The van der Waals surface area contributed by atoms with Crippen LogP contribution in [0, 0.1) is 0 Å². The van der Waals surface area contributed by atoms with E-state index in [2.05, 4.69) is 16.1 Å². The van der Waals surface area contributed by atoms with E-state index in [1.165, 1.54) is 0 Å². The van der Waals surface area contributed by atoms with Crippen molar-refractivity contribution in [3.63, 3.8) is 0 Å². The van der Waals surface area contributed by atoms with E-state index in [1.807, 2.05) is 36.9 Å². The van der Waals surface area contributed by atoms with Crippen molar-refractivity contribution in [1.29, 1.82) is 0 Å². The fourth-order valence-corrected chi connectivity index (χ4v) is 3.75. The summed E-state index contributed by atoms with van der Waals surface area (Å²) < 4.78 is 10.4. The summed E-state index contributed by atoms with van der Waals surface area (Å²) in [6.45, 7) is 3.95. The van der Waals surface area contributed by atoms with Crippen molar-refractivity contribution in [3.8, 4) is 0 Å². The second-order valence-corrected chi connectivity index (χ2v) is 7.83. The van der Waals surface area contributed by atoms with Crippen LogP contribution in [0.4, 0.5) is 0 Å². The molecule has 7 heteroatoms. The quantitative estimate of drug-likeness (QED) is 0.387. The Balaban J connectivity index is 1.84. The molecule has 3 rings (SSSR count). The van der Waals surface area contributed by atoms with Gasteiger partial charge in [-0.2, -0.15) is 0 Å². The van der Waals surface area contributed by atoms with Gasteiger partial charge in [-0.05, 0) is 36.8 Å². The first-order valence-corrected chi connectivity index (χ1v) is 10.0. The number of aromatic nitrogens is 2. The zero-order chi connectivity index (χ0) is 19.4. The molecule has 3 aromatic rings. The predicted molar refractivity (Wildman–Crippen MR) is 111 cm³/mol. The molecule has 0 saturated carbocycles. The molecule has 0 amide bonds. The van der Waals surface area contributed by atoms with E-state index in [0.717, 1.165) is 17.7 Å². The van der Waals surface area contributed by atoms with Crippen LogP contribution in [0.1, 0.15) is 24.2 Å². The second kappa shape index (κ2) is 9.31. The SMILES string of the molecule is CCn1cc[n+](CC(OCc2ccc(Cl)cc2Cl)c2ccc(Cl)cc2Cl)c1. The molecule has 0 aliphatic rings. The lowest BCUT2D eigenvalue weighted by Gasteiger charge is -2.19. The molecule has 1 aromatic heterocycles. The van der Waals surface area contributed by atoms with E-state index < -0.39 is 0 Å². The summed E-state index contributed by atoms with van der Waals surface area (Å²) in [6.07, 6.45) is 5.81. The number of hydrogen-bond donors (Lipinski definition) is 0. The van der Waals surface area contributed by atoms with E-state index in [-0.39, 0.29) is 6.10 Å².